The zero-order valence-electron chi connectivity index (χ0n) is 13.3. The van der Waals surface area contributed by atoms with Crippen molar-refractivity contribution in [2.45, 2.75) is 31.4 Å². The topological polar surface area (TPSA) is 72.1 Å². The number of hydrogen-bond acceptors (Lipinski definition) is 6. The van der Waals surface area contributed by atoms with E-state index in [4.69, 9.17) is 14.5 Å². The lowest BCUT2D eigenvalue weighted by molar-refractivity contribution is -0.0717. The van der Waals surface area contributed by atoms with Crippen LogP contribution >= 0.6 is 0 Å². The summed E-state index contributed by atoms with van der Waals surface area (Å²) in [7, 11) is 0. The molecule has 2 fully saturated rings. The summed E-state index contributed by atoms with van der Waals surface area (Å²) in [5.74, 6) is 0.878. The summed E-state index contributed by atoms with van der Waals surface area (Å²) in [5.41, 5.74) is 0.635. The third-order valence-electron chi connectivity index (χ3n) is 4.80. The number of fused-ring (bicyclic) bond motifs is 1. The normalized spacial score (nSPS) is 25.0. The van der Waals surface area contributed by atoms with Crippen LogP contribution < -0.4 is 4.90 Å². The van der Waals surface area contributed by atoms with E-state index in [1.54, 1.807) is 10.7 Å². The predicted octanol–water partition coefficient (Wildman–Crippen LogP) is 0.952. The second kappa shape index (κ2) is 5.74. The third kappa shape index (κ3) is 2.58. The molecule has 4 heterocycles. The highest BCUT2D eigenvalue weighted by atomic mass is 16.5. The summed E-state index contributed by atoms with van der Waals surface area (Å²) in [6, 6.07) is 4.12. The van der Waals surface area contributed by atoms with Gasteiger partial charge in [0.2, 0.25) is 0 Å². The molecule has 124 valence electrons. The smallest absolute Gasteiger partial charge is 0.157 e. The van der Waals surface area contributed by atoms with Gasteiger partial charge in [0.05, 0.1) is 31.1 Å². The van der Waals surface area contributed by atoms with Gasteiger partial charge in [-0.05, 0) is 6.92 Å². The van der Waals surface area contributed by atoms with Gasteiger partial charge in [0.25, 0.3) is 0 Å². The molecule has 0 saturated carbocycles. The predicted molar refractivity (Wildman–Crippen MR) is 84.6 cm³/mol. The van der Waals surface area contributed by atoms with Gasteiger partial charge in [0.1, 0.15) is 11.4 Å². The zero-order valence-corrected chi connectivity index (χ0v) is 13.3. The minimum absolute atomic E-state index is 0.263. The van der Waals surface area contributed by atoms with E-state index in [1.807, 2.05) is 12.1 Å². The number of rotatable bonds is 2. The Morgan fingerprint density at radius 2 is 2.09 bits per heavy atom. The van der Waals surface area contributed by atoms with Crippen LogP contribution in [0.1, 0.15) is 25.5 Å². The monoisotopic (exact) mass is 318 g/mol. The first-order chi connectivity index (χ1) is 11.2. The van der Waals surface area contributed by atoms with Gasteiger partial charge >= 0.3 is 0 Å². The van der Waals surface area contributed by atoms with Gasteiger partial charge in [-0.2, -0.15) is 5.10 Å². The molecular formula is C16H22N4O3. The summed E-state index contributed by atoms with van der Waals surface area (Å²) < 4.78 is 12.7. The lowest BCUT2D eigenvalue weighted by atomic mass is 9.90. The fourth-order valence-electron chi connectivity index (χ4n) is 3.41. The minimum Gasteiger partial charge on any atom is -0.383 e. The standard InChI is InChI=1S/C16H22N4O3/c1-12-11-23-9-6-19(12)15-10-13(16(21)3-7-22-8-4-16)20-14(18-15)2-5-17-20/h2,5,10,12,21H,3-4,6-9,11H2,1H3/t12-/m1/s1. The Morgan fingerprint density at radius 3 is 2.87 bits per heavy atom. The molecule has 2 aromatic heterocycles. The molecule has 7 nitrogen and oxygen atoms in total. The molecule has 23 heavy (non-hydrogen) atoms. The first-order valence-electron chi connectivity index (χ1n) is 8.17. The van der Waals surface area contributed by atoms with Crippen molar-refractivity contribution in [1.82, 2.24) is 14.6 Å². The van der Waals surface area contributed by atoms with Crippen molar-refractivity contribution in [3.05, 3.63) is 24.0 Å². The van der Waals surface area contributed by atoms with Gasteiger partial charge < -0.3 is 19.5 Å². The molecule has 2 aliphatic rings. The number of hydrogen-bond donors (Lipinski definition) is 1. The lowest BCUT2D eigenvalue weighted by Crippen LogP contribution is -2.44. The van der Waals surface area contributed by atoms with Crippen LogP contribution in [0.5, 0.6) is 0 Å². The molecule has 0 aliphatic carbocycles. The number of aromatic nitrogens is 3. The van der Waals surface area contributed by atoms with Crippen LogP contribution in [0.2, 0.25) is 0 Å². The molecule has 4 rings (SSSR count). The summed E-state index contributed by atoms with van der Waals surface area (Å²) in [5, 5.41) is 15.5. The average molecular weight is 318 g/mol. The molecule has 0 bridgehead atoms. The van der Waals surface area contributed by atoms with Crippen LogP contribution in [0.4, 0.5) is 5.82 Å². The second-order valence-electron chi connectivity index (χ2n) is 6.36. The molecule has 2 saturated heterocycles. The maximum absolute atomic E-state index is 11.1. The van der Waals surface area contributed by atoms with Crippen LogP contribution in [0, 0.1) is 0 Å². The number of nitrogens with zero attached hydrogens (tertiary/aromatic N) is 4. The van der Waals surface area contributed by atoms with E-state index in [-0.39, 0.29) is 6.04 Å². The van der Waals surface area contributed by atoms with Gasteiger partial charge in [-0.25, -0.2) is 9.50 Å². The van der Waals surface area contributed by atoms with Crippen molar-refractivity contribution in [2.75, 3.05) is 37.9 Å². The second-order valence-corrected chi connectivity index (χ2v) is 6.36. The summed E-state index contributed by atoms with van der Waals surface area (Å²) >= 11 is 0. The van der Waals surface area contributed by atoms with Crippen molar-refractivity contribution >= 4 is 11.5 Å². The van der Waals surface area contributed by atoms with Crippen molar-refractivity contribution in [1.29, 1.82) is 0 Å². The fraction of sp³-hybridized carbons (Fsp3) is 0.625. The SMILES string of the molecule is C[C@@H]1COCCN1c1cc(C2(O)CCOCC2)n2nccc2n1. The molecule has 0 spiro atoms. The molecule has 2 aromatic rings. The maximum atomic E-state index is 11.1. The van der Waals surface area contributed by atoms with Crippen molar-refractivity contribution < 1.29 is 14.6 Å². The van der Waals surface area contributed by atoms with E-state index < -0.39 is 5.60 Å². The van der Waals surface area contributed by atoms with Crippen molar-refractivity contribution in [3.8, 4) is 0 Å². The van der Waals surface area contributed by atoms with Crippen LogP contribution in [0.15, 0.2) is 18.3 Å². The van der Waals surface area contributed by atoms with E-state index in [1.165, 1.54) is 0 Å². The Labute approximate surface area is 134 Å². The van der Waals surface area contributed by atoms with Gasteiger partial charge in [-0.15, -0.1) is 0 Å². The van der Waals surface area contributed by atoms with Gasteiger partial charge in [-0.1, -0.05) is 0 Å². The van der Waals surface area contributed by atoms with E-state index in [9.17, 15) is 5.11 Å². The van der Waals surface area contributed by atoms with E-state index in [2.05, 4.69) is 16.9 Å². The molecule has 0 amide bonds. The minimum atomic E-state index is -0.921. The number of morpholine rings is 1. The van der Waals surface area contributed by atoms with E-state index in [0.717, 1.165) is 23.7 Å². The molecule has 1 atom stereocenters. The zero-order chi connectivity index (χ0) is 15.9. The molecular weight excluding hydrogens is 296 g/mol. The molecule has 7 heteroatoms. The molecule has 0 aromatic carbocycles. The summed E-state index contributed by atoms with van der Waals surface area (Å²) in [4.78, 5) is 6.96. The van der Waals surface area contributed by atoms with Gasteiger partial charge in [-0.3, -0.25) is 0 Å². The number of anilines is 1. The van der Waals surface area contributed by atoms with Crippen LogP contribution in [0.25, 0.3) is 5.65 Å². The first kappa shape index (κ1) is 14.9. The highest BCUT2D eigenvalue weighted by Gasteiger charge is 2.35. The Morgan fingerprint density at radius 1 is 1.26 bits per heavy atom. The Kier molecular flexibility index (Phi) is 3.71. The Bertz CT molecular complexity index is 696. The van der Waals surface area contributed by atoms with Gasteiger partial charge in [0.15, 0.2) is 5.65 Å². The largest absolute Gasteiger partial charge is 0.383 e. The van der Waals surface area contributed by atoms with Gasteiger partial charge in [0, 0.05) is 44.7 Å². The summed E-state index contributed by atoms with van der Waals surface area (Å²) in [6.45, 7) is 5.45. The highest BCUT2D eigenvalue weighted by molar-refractivity contribution is 5.51. The number of ether oxygens (including phenoxy) is 2. The molecule has 1 N–H and O–H groups in total. The van der Waals surface area contributed by atoms with E-state index in [0.29, 0.717) is 39.3 Å². The Balaban J connectivity index is 1.81. The van der Waals surface area contributed by atoms with Crippen molar-refractivity contribution in [2.24, 2.45) is 0 Å². The third-order valence-corrected chi connectivity index (χ3v) is 4.80. The molecule has 0 radical (unpaired) electrons. The van der Waals surface area contributed by atoms with Crippen LogP contribution in [0.3, 0.4) is 0 Å². The quantitative estimate of drug-likeness (QED) is 0.889. The van der Waals surface area contributed by atoms with Crippen molar-refractivity contribution in [3.63, 3.8) is 0 Å². The first-order valence-corrected chi connectivity index (χ1v) is 8.17. The van der Waals surface area contributed by atoms with Crippen LogP contribution in [-0.4, -0.2) is 58.7 Å². The molecule has 0 unspecified atom stereocenters. The molecule has 2 aliphatic heterocycles. The highest BCUT2D eigenvalue weighted by Crippen LogP contribution is 2.34. The van der Waals surface area contributed by atoms with Crippen LogP contribution in [-0.2, 0) is 15.1 Å². The lowest BCUT2D eigenvalue weighted by Gasteiger charge is -2.36. The Hall–Kier alpha value is -1.70. The average Bonchev–Trinajstić information content (AvgIpc) is 3.03. The maximum Gasteiger partial charge on any atom is 0.157 e. The van der Waals surface area contributed by atoms with E-state index >= 15 is 0 Å². The number of aliphatic hydroxyl groups is 1. The fourth-order valence-corrected chi connectivity index (χ4v) is 3.41. The summed E-state index contributed by atoms with van der Waals surface area (Å²) in [6.07, 6.45) is 2.87.